The van der Waals surface area contributed by atoms with E-state index in [1.165, 1.54) is 10.4 Å². The fraction of sp³-hybridized carbons (Fsp3) is 0.381. The first kappa shape index (κ1) is 19.1. The standard InChI is InChI=1S/C21H23FN2O3S/c22-20-14-16(6-9-19(20)17-7-8-17)15-21(25)23-10-12-24(13-11-23)28(26,27)18-4-2-1-3-5-18/h1-6,9,14,17H,7-8,10-13,15H2. The number of amides is 1. The first-order valence-corrected chi connectivity index (χ1v) is 11.0. The van der Waals surface area contributed by atoms with Crippen molar-refractivity contribution in [3.05, 3.63) is 65.5 Å². The molecule has 0 radical (unpaired) electrons. The number of hydrogen-bond acceptors (Lipinski definition) is 3. The second-order valence-electron chi connectivity index (χ2n) is 7.40. The Labute approximate surface area is 164 Å². The summed E-state index contributed by atoms with van der Waals surface area (Å²) in [5, 5.41) is 0. The maximum absolute atomic E-state index is 14.2. The molecule has 148 valence electrons. The van der Waals surface area contributed by atoms with E-state index in [1.54, 1.807) is 41.3 Å². The van der Waals surface area contributed by atoms with Gasteiger partial charge in [0.15, 0.2) is 0 Å². The molecule has 1 heterocycles. The van der Waals surface area contributed by atoms with Crippen LogP contribution in [0.4, 0.5) is 4.39 Å². The average molecular weight is 402 g/mol. The Kier molecular flexibility index (Phi) is 5.21. The third-order valence-corrected chi connectivity index (χ3v) is 7.32. The van der Waals surface area contributed by atoms with E-state index in [0.717, 1.165) is 18.4 Å². The lowest BCUT2D eigenvalue weighted by molar-refractivity contribution is -0.131. The highest BCUT2D eigenvalue weighted by Crippen LogP contribution is 2.41. The molecule has 0 unspecified atom stereocenters. The molecule has 2 aliphatic rings. The van der Waals surface area contributed by atoms with Crippen LogP contribution in [0.2, 0.25) is 0 Å². The smallest absolute Gasteiger partial charge is 0.243 e. The molecule has 28 heavy (non-hydrogen) atoms. The van der Waals surface area contributed by atoms with Gasteiger partial charge in [0, 0.05) is 26.2 Å². The summed E-state index contributed by atoms with van der Waals surface area (Å²) in [6, 6.07) is 13.4. The number of nitrogens with zero attached hydrogens (tertiary/aromatic N) is 2. The van der Waals surface area contributed by atoms with Crippen molar-refractivity contribution in [2.24, 2.45) is 0 Å². The highest BCUT2D eigenvalue weighted by molar-refractivity contribution is 7.89. The summed E-state index contributed by atoms with van der Waals surface area (Å²) in [6.07, 6.45) is 2.20. The minimum absolute atomic E-state index is 0.102. The lowest BCUT2D eigenvalue weighted by atomic mass is 10.0. The lowest BCUT2D eigenvalue weighted by Crippen LogP contribution is -2.50. The number of carbonyl (C=O) groups excluding carboxylic acids is 1. The van der Waals surface area contributed by atoms with Crippen molar-refractivity contribution in [1.29, 1.82) is 0 Å². The monoisotopic (exact) mass is 402 g/mol. The number of benzene rings is 2. The fourth-order valence-electron chi connectivity index (χ4n) is 3.61. The molecule has 0 spiro atoms. The van der Waals surface area contributed by atoms with E-state index in [0.29, 0.717) is 24.6 Å². The van der Waals surface area contributed by atoms with Crippen LogP contribution >= 0.6 is 0 Å². The third-order valence-electron chi connectivity index (χ3n) is 5.41. The van der Waals surface area contributed by atoms with Crippen molar-refractivity contribution in [3.8, 4) is 0 Å². The van der Waals surface area contributed by atoms with Crippen LogP contribution in [-0.2, 0) is 21.2 Å². The van der Waals surface area contributed by atoms with Gasteiger partial charge in [0.05, 0.1) is 11.3 Å². The molecule has 0 N–H and O–H groups in total. The number of piperazine rings is 1. The van der Waals surface area contributed by atoms with E-state index in [9.17, 15) is 17.6 Å². The molecule has 1 saturated heterocycles. The van der Waals surface area contributed by atoms with Crippen molar-refractivity contribution in [2.45, 2.75) is 30.1 Å². The zero-order valence-corrected chi connectivity index (χ0v) is 16.4. The van der Waals surface area contributed by atoms with Crippen molar-refractivity contribution in [1.82, 2.24) is 9.21 Å². The van der Waals surface area contributed by atoms with Crippen LogP contribution in [0.5, 0.6) is 0 Å². The number of hydrogen-bond donors (Lipinski definition) is 0. The van der Waals surface area contributed by atoms with Gasteiger partial charge in [-0.15, -0.1) is 0 Å². The Morgan fingerprint density at radius 1 is 1.00 bits per heavy atom. The summed E-state index contributed by atoms with van der Waals surface area (Å²) < 4.78 is 40.9. The van der Waals surface area contributed by atoms with Crippen molar-refractivity contribution < 1.29 is 17.6 Å². The zero-order chi connectivity index (χ0) is 19.7. The van der Waals surface area contributed by atoms with Crippen molar-refractivity contribution >= 4 is 15.9 Å². The summed E-state index contributed by atoms with van der Waals surface area (Å²) in [5.41, 5.74) is 1.40. The van der Waals surface area contributed by atoms with E-state index < -0.39 is 10.0 Å². The van der Waals surface area contributed by atoms with Gasteiger partial charge in [-0.1, -0.05) is 30.3 Å². The minimum Gasteiger partial charge on any atom is -0.340 e. The Bertz CT molecular complexity index is 966. The van der Waals surface area contributed by atoms with Crippen LogP contribution in [-0.4, -0.2) is 49.7 Å². The molecule has 1 amide bonds. The van der Waals surface area contributed by atoms with Gasteiger partial charge in [0.2, 0.25) is 15.9 Å². The summed E-state index contributed by atoms with van der Waals surface area (Å²) in [4.78, 5) is 14.5. The van der Waals surface area contributed by atoms with Crippen LogP contribution in [0.25, 0.3) is 0 Å². The molecule has 4 rings (SSSR count). The van der Waals surface area contributed by atoms with Gasteiger partial charge in [-0.3, -0.25) is 4.79 Å². The van der Waals surface area contributed by atoms with Crippen molar-refractivity contribution in [3.63, 3.8) is 0 Å². The lowest BCUT2D eigenvalue weighted by Gasteiger charge is -2.34. The predicted molar refractivity (Wildman–Crippen MR) is 104 cm³/mol. The largest absolute Gasteiger partial charge is 0.340 e. The molecule has 0 bridgehead atoms. The molecule has 5 nitrogen and oxygen atoms in total. The Balaban J connectivity index is 1.36. The van der Waals surface area contributed by atoms with Crippen LogP contribution < -0.4 is 0 Å². The predicted octanol–water partition coefficient (Wildman–Crippen LogP) is 2.78. The summed E-state index contributed by atoms with van der Waals surface area (Å²) in [7, 11) is -3.54. The number of carbonyl (C=O) groups is 1. The second-order valence-corrected chi connectivity index (χ2v) is 9.34. The number of halogens is 1. The van der Waals surface area contributed by atoms with E-state index in [4.69, 9.17) is 0 Å². The zero-order valence-electron chi connectivity index (χ0n) is 15.6. The van der Waals surface area contributed by atoms with Gasteiger partial charge < -0.3 is 4.90 Å². The van der Waals surface area contributed by atoms with Gasteiger partial charge in [-0.05, 0) is 48.1 Å². The summed E-state index contributed by atoms with van der Waals surface area (Å²) in [6.45, 7) is 1.21. The molecule has 2 fully saturated rings. The molecule has 2 aromatic rings. The average Bonchev–Trinajstić information content (AvgIpc) is 3.54. The SMILES string of the molecule is O=C(Cc1ccc(C2CC2)c(F)c1)N1CCN(S(=O)(=O)c2ccccc2)CC1. The maximum atomic E-state index is 14.2. The first-order valence-electron chi connectivity index (χ1n) is 9.56. The van der Waals surface area contributed by atoms with Gasteiger partial charge in [0.25, 0.3) is 0 Å². The van der Waals surface area contributed by atoms with E-state index in [1.807, 2.05) is 6.07 Å². The third kappa shape index (κ3) is 3.95. The molecule has 1 aliphatic carbocycles. The molecule has 1 saturated carbocycles. The van der Waals surface area contributed by atoms with E-state index in [2.05, 4.69) is 0 Å². The first-order chi connectivity index (χ1) is 13.4. The van der Waals surface area contributed by atoms with Gasteiger partial charge in [-0.25, -0.2) is 12.8 Å². The molecular formula is C21H23FN2O3S. The van der Waals surface area contributed by atoms with Gasteiger partial charge >= 0.3 is 0 Å². The minimum atomic E-state index is -3.54. The van der Waals surface area contributed by atoms with E-state index >= 15 is 0 Å². The molecule has 0 aromatic heterocycles. The number of sulfonamides is 1. The second kappa shape index (κ2) is 7.64. The number of rotatable bonds is 5. The normalized spacial score (nSPS) is 18.2. The fourth-order valence-corrected chi connectivity index (χ4v) is 5.06. The van der Waals surface area contributed by atoms with Crippen LogP contribution in [0.1, 0.15) is 29.9 Å². The molecule has 7 heteroatoms. The molecular weight excluding hydrogens is 379 g/mol. The Morgan fingerprint density at radius 2 is 1.68 bits per heavy atom. The van der Waals surface area contributed by atoms with Gasteiger partial charge in [0.1, 0.15) is 5.82 Å². The maximum Gasteiger partial charge on any atom is 0.243 e. The molecule has 1 aliphatic heterocycles. The summed E-state index contributed by atoms with van der Waals surface area (Å²) >= 11 is 0. The van der Waals surface area contributed by atoms with Crippen LogP contribution in [0, 0.1) is 5.82 Å². The highest BCUT2D eigenvalue weighted by Gasteiger charge is 2.30. The summed E-state index contributed by atoms with van der Waals surface area (Å²) in [5.74, 6) is 0.00583. The Hall–Kier alpha value is -2.25. The quantitative estimate of drug-likeness (QED) is 0.773. The van der Waals surface area contributed by atoms with Crippen molar-refractivity contribution in [2.75, 3.05) is 26.2 Å². The van der Waals surface area contributed by atoms with Gasteiger partial charge in [-0.2, -0.15) is 4.31 Å². The molecule has 0 atom stereocenters. The van der Waals surface area contributed by atoms with E-state index in [-0.39, 0.29) is 36.1 Å². The van der Waals surface area contributed by atoms with Crippen LogP contribution in [0.3, 0.4) is 0 Å². The molecule has 2 aromatic carbocycles. The van der Waals surface area contributed by atoms with Crippen LogP contribution in [0.15, 0.2) is 53.4 Å². The highest BCUT2D eigenvalue weighted by atomic mass is 32.2. The Morgan fingerprint density at radius 3 is 2.29 bits per heavy atom. The topological polar surface area (TPSA) is 57.7 Å².